The molecule has 1 aromatic heterocycles. The van der Waals surface area contributed by atoms with Crippen LogP contribution in [0.25, 0.3) is 21.7 Å². The highest BCUT2D eigenvalue weighted by molar-refractivity contribution is 7.89. The summed E-state index contributed by atoms with van der Waals surface area (Å²) in [4.78, 5) is 18.6. The summed E-state index contributed by atoms with van der Waals surface area (Å²) in [5.74, 6) is -0.374. The van der Waals surface area contributed by atoms with Gasteiger partial charge in [-0.3, -0.25) is 4.79 Å². The van der Waals surface area contributed by atoms with Gasteiger partial charge in [-0.2, -0.15) is 13.2 Å². The average Bonchev–Trinajstić information content (AvgIpc) is 3.22. The quantitative estimate of drug-likeness (QED) is 0.482. The van der Waals surface area contributed by atoms with Crippen LogP contribution in [0.2, 0.25) is 5.02 Å². The van der Waals surface area contributed by atoms with E-state index in [0.29, 0.717) is 29.7 Å². The number of rotatable bonds is 4. The number of morpholine rings is 1. The molecule has 0 saturated carbocycles. The standard InChI is InChI=1S/C23H21ClF3N3O4S2/c1-12-10-30(11-13(2)34-12)22(31)21-29-19(14-3-6-16(24)7-4-14)20(35-21)15-5-8-18(36(28,32)33)17(9-15)23(25,26)27/h3-9,12-13H,10-11H2,1-2H3,(H2,28,32,33)/t12-,13+. The molecule has 4 rings (SSSR count). The van der Waals surface area contributed by atoms with E-state index in [1.165, 1.54) is 6.07 Å². The Morgan fingerprint density at radius 3 is 2.25 bits per heavy atom. The Morgan fingerprint density at radius 1 is 1.11 bits per heavy atom. The summed E-state index contributed by atoms with van der Waals surface area (Å²) in [5, 5.41) is 5.54. The fourth-order valence-corrected chi connectivity index (χ4v) is 5.95. The molecule has 192 valence electrons. The summed E-state index contributed by atoms with van der Waals surface area (Å²) < 4.78 is 70.6. The number of primary sulfonamides is 1. The van der Waals surface area contributed by atoms with Crippen LogP contribution in [0.15, 0.2) is 47.4 Å². The number of nitrogens with zero attached hydrogens (tertiary/aromatic N) is 2. The van der Waals surface area contributed by atoms with E-state index in [0.717, 1.165) is 17.4 Å². The van der Waals surface area contributed by atoms with Gasteiger partial charge in [0.15, 0.2) is 5.01 Å². The number of nitrogens with two attached hydrogens (primary N) is 1. The molecule has 0 unspecified atom stereocenters. The van der Waals surface area contributed by atoms with Crippen LogP contribution in [0.5, 0.6) is 0 Å². The minimum absolute atomic E-state index is 0.0416. The second-order valence-electron chi connectivity index (χ2n) is 8.42. The first-order valence-electron chi connectivity index (χ1n) is 10.7. The number of ether oxygens (including phenoxy) is 1. The lowest BCUT2D eigenvalue weighted by molar-refractivity contribution is -0.139. The molecule has 0 spiro atoms. The third kappa shape index (κ3) is 5.57. The van der Waals surface area contributed by atoms with Crippen molar-refractivity contribution >= 4 is 38.9 Å². The highest BCUT2D eigenvalue weighted by Gasteiger charge is 2.37. The van der Waals surface area contributed by atoms with Crippen LogP contribution in [-0.4, -0.2) is 49.5 Å². The topological polar surface area (TPSA) is 103 Å². The lowest BCUT2D eigenvalue weighted by atomic mass is 10.0. The number of sulfonamides is 1. The van der Waals surface area contributed by atoms with Crippen LogP contribution >= 0.6 is 22.9 Å². The molecular formula is C23H21ClF3N3O4S2. The van der Waals surface area contributed by atoms with Crippen molar-refractivity contribution in [3.8, 4) is 21.7 Å². The van der Waals surface area contributed by atoms with E-state index >= 15 is 0 Å². The fraction of sp³-hybridized carbons (Fsp3) is 0.304. The highest BCUT2D eigenvalue weighted by Crippen LogP contribution is 2.42. The lowest BCUT2D eigenvalue weighted by Crippen LogP contribution is -2.48. The zero-order chi connectivity index (χ0) is 26.4. The normalized spacial score (nSPS) is 18.9. The van der Waals surface area contributed by atoms with Gasteiger partial charge in [0, 0.05) is 23.7 Å². The van der Waals surface area contributed by atoms with Gasteiger partial charge in [-0.1, -0.05) is 29.8 Å². The number of hydrogen-bond donors (Lipinski definition) is 1. The molecule has 0 radical (unpaired) electrons. The summed E-state index contributed by atoms with van der Waals surface area (Å²) in [6, 6.07) is 9.20. The van der Waals surface area contributed by atoms with Crippen LogP contribution in [0.4, 0.5) is 13.2 Å². The zero-order valence-corrected chi connectivity index (χ0v) is 21.4. The molecule has 13 heteroatoms. The van der Waals surface area contributed by atoms with Gasteiger partial charge in [-0.05, 0) is 43.7 Å². The van der Waals surface area contributed by atoms with Crippen LogP contribution in [0.3, 0.4) is 0 Å². The number of hydrogen-bond acceptors (Lipinski definition) is 6. The second kappa shape index (κ2) is 9.75. The van der Waals surface area contributed by atoms with Crippen molar-refractivity contribution in [2.24, 2.45) is 5.14 Å². The Bertz CT molecular complexity index is 1400. The van der Waals surface area contributed by atoms with Crippen molar-refractivity contribution in [3.05, 3.63) is 58.1 Å². The number of halogens is 4. The van der Waals surface area contributed by atoms with E-state index in [9.17, 15) is 26.4 Å². The van der Waals surface area contributed by atoms with Gasteiger partial charge >= 0.3 is 6.18 Å². The van der Waals surface area contributed by atoms with Gasteiger partial charge in [0.1, 0.15) is 0 Å². The predicted octanol–water partition coefficient (Wildman–Crippen LogP) is 5.05. The maximum Gasteiger partial charge on any atom is 0.417 e. The van der Waals surface area contributed by atoms with Gasteiger partial charge in [0.05, 0.1) is 33.2 Å². The van der Waals surface area contributed by atoms with Crippen LogP contribution < -0.4 is 5.14 Å². The summed E-state index contributed by atoms with van der Waals surface area (Å²) >= 11 is 6.91. The minimum Gasteiger partial charge on any atom is -0.372 e. The van der Waals surface area contributed by atoms with E-state index in [-0.39, 0.29) is 39.3 Å². The number of alkyl halides is 3. The summed E-state index contributed by atoms with van der Waals surface area (Å²) in [6.45, 7) is 4.37. The molecule has 3 aromatic rings. The molecule has 2 aromatic carbocycles. The molecule has 36 heavy (non-hydrogen) atoms. The second-order valence-corrected chi connectivity index (χ2v) is 11.4. The van der Waals surface area contributed by atoms with Crippen molar-refractivity contribution in [3.63, 3.8) is 0 Å². The van der Waals surface area contributed by atoms with Crippen molar-refractivity contribution < 1.29 is 31.1 Å². The molecule has 2 atom stereocenters. The zero-order valence-electron chi connectivity index (χ0n) is 19.0. The molecule has 1 saturated heterocycles. The average molecular weight is 560 g/mol. The van der Waals surface area contributed by atoms with Crippen molar-refractivity contribution in [1.29, 1.82) is 0 Å². The molecule has 1 fully saturated rings. The van der Waals surface area contributed by atoms with Gasteiger partial charge in [0.25, 0.3) is 5.91 Å². The number of carbonyl (C=O) groups excluding carboxylic acids is 1. The molecule has 1 aliphatic heterocycles. The number of benzene rings is 2. The van der Waals surface area contributed by atoms with Crippen LogP contribution in [-0.2, 0) is 20.9 Å². The Balaban J connectivity index is 1.87. The number of carbonyl (C=O) groups is 1. The summed E-state index contributed by atoms with van der Waals surface area (Å²) in [7, 11) is -4.64. The first-order chi connectivity index (χ1) is 16.7. The monoisotopic (exact) mass is 559 g/mol. The summed E-state index contributed by atoms with van der Waals surface area (Å²) in [5.41, 5.74) is -0.565. The smallest absolute Gasteiger partial charge is 0.372 e. The molecule has 2 N–H and O–H groups in total. The summed E-state index contributed by atoms with van der Waals surface area (Å²) in [6.07, 6.45) is -5.36. The van der Waals surface area contributed by atoms with E-state index in [1.54, 1.807) is 29.2 Å². The number of thiazole rings is 1. The predicted molar refractivity (Wildman–Crippen MR) is 130 cm³/mol. The third-order valence-corrected chi connectivity index (χ3v) is 7.80. The van der Waals surface area contributed by atoms with E-state index in [4.69, 9.17) is 21.5 Å². The lowest BCUT2D eigenvalue weighted by Gasteiger charge is -2.34. The first kappa shape index (κ1) is 26.6. The first-order valence-corrected chi connectivity index (χ1v) is 13.4. The number of aromatic nitrogens is 1. The van der Waals surface area contributed by atoms with Gasteiger partial charge < -0.3 is 9.64 Å². The van der Waals surface area contributed by atoms with Gasteiger partial charge in [0.2, 0.25) is 10.0 Å². The van der Waals surface area contributed by atoms with Crippen molar-refractivity contribution in [1.82, 2.24) is 9.88 Å². The largest absolute Gasteiger partial charge is 0.417 e. The maximum atomic E-state index is 13.8. The Morgan fingerprint density at radius 2 is 1.69 bits per heavy atom. The Labute approximate surface area is 214 Å². The van der Waals surface area contributed by atoms with Crippen LogP contribution in [0.1, 0.15) is 29.2 Å². The Kier molecular flexibility index (Phi) is 7.19. The molecule has 0 aliphatic carbocycles. The fourth-order valence-electron chi connectivity index (χ4n) is 4.03. The molecule has 1 aliphatic rings. The molecule has 0 bridgehead atoms. The van der Waals surface area contributed by atoms with E-state index in [1.807, 2.05) is 13.8 Å². The SMILES string of the molecule is C[C@@H]1CN(C(=O)c2nc(-c3ccc(Cl)cc3)c(-c3ccc(S(N)(=O)=O)c(C(F)(F)F)c3)s2)C[C@H](C)O1. The Hall–Kier alpha value is -2.51. The minimum atomic E-state index is -4.98. The highest BCUT2D eigenvalue weighted by atomic mass is 35.5. The van der Waals surface area contributed by atoms with Crippen molar-refractivity contribution in [2.75, 3.05) is 13.1 Å². The molecule has 1 amide bonds. The van der Waals surface area contributed by atoms with E-state index in [2.05, 4.69) is 4.98 Å². The van der Waals surface area contributed by atoms with Gasteiger partial charge in [-0.15, -0.1) is 11.3 Å². The maximum absolute atomic E-state index is 13.8. The molecule has 7 nitrogen and oxygen atoms in total. The van der Waals surface area contributed by atoms with Crippen molar-refractivity contribution in [2.45, 2.75) is 37.1 Å². The molecular weight excluding hydrogens is 539 g/mol. The van der Waals surface area contributed by atoms with Gasteiger partial charge in [-0.25, -0.2) is 18.5 Å². The van der Waals surface area contributed by atoms with E-state index < -0.39 is 26.7 Å². The van der Waals surface area contributed by atoms with Crippen LogP contribution in [0, 0.1) is 0 Å². The molecule has 2 heterocycles. The third-order valence-electron chi connectivity index (χ3n) is 5.49. The number of amides is 1.